The first kappa shape index (κ1) is 22.3. The van der Waals surface area contributed by atoms with Crippen LogP contribution in [0, 0.1) is 0 Å². The maximum Gasteiger partial charge on any atom is 0.352 e. The number of aromatic nitrogens is 1. The maximum absolute atomic E-state index is 12.0. The van der Waals surface area contributed by atoms with Crippen molar-refractivity contribution >= 4 is 16.9 Å². The molecule has 0 aliphatic rings. The predicted octanol–water partition coefficient (Wildman–Crippen LogP) is 6.70. The first-order valence-corrected chi connectivity index (χ1v) is 10.9. The minimum absolute atomic E-state index is 0.0155. The molecule has 1 N–H and O–H groups in total. The second-order valence-electron chi connectivity index (χ2n) is 8.27. The Morgan fingerprint density at radius 1 is 0.788 bits per heavy atom. The van der Waals surface area contributed by atoms with Gasteiger partial charge in [-0.15, -0.1) is 0 Å². The molecule has 6 heteroatoms. The second kappa shape index (κ2) is 9.28. The highest BCUT2D eigenvalue weighted by Gasteiger charge is 2.17. The molecule has 0 bridgehead atoms. The van der Waals surface area contributed by atoms with Gasteiger partial charge in [-0.25, -0.2) is 4.79 Å². The summed E-state index contributed by atoms with van der Waals surface area (Å²) in [5.41, 5.74) is 1.68. The number of hydrogen-bond donors (Lipinski definition) is 1. The van der Waals surface area contributed by atoms with Crippen LogP contribution in [-0.2, 0) is 0 Å². The Bertz CT molecular complexity index is 1270. The maximum atomic E-state index is 12.0. The molecule has 6 nitrogen and oxygen atoms in total. The van der Waals surface area contributed by atoms with E-state index in [-0.39, 0.29) is 17.9 Å². The Morgan fingerprint density at radius 2 is 1.42 bits per heavy atom. The highest BCUT2D eigenvalue weighted by Crippen LogP contribution is 2.35. The van der Waals surface area contributed by atoms with Gasteiger partial charge >= 0.3 is 5.97 Å². The van der Waals surface area contributed by atoms with Gasteiger partial charge in [-0.1, -0.05) is 12.1 Å². The Labute approximate surface area is 192 Å². The molecule has 1 heterocycles. The Hall–Kier alpha value is -3.93. The van der Waals surface area contributed by atoms with Gasteiger partial charge in [-0.05, 0) is 88.4 Å². The van der Waals surface area contributed by atoms with Gasteiger partial charge in [0.15, 0.2) is 11.5 Å². The van der Waals surface area contributed by atoms with E-state index < -0.39 is 5.97 Å². The highest BCUT2D eigenvalue weighted by atomic mass is 16.5. The normalized spacial score (nSPS) is 11.2. The standard InChI is InChI=1S/C27H27NO5/c1-17(2)31-21-11-9-20(10-12-21)28-23-14-13-22(15-19(23)16-24(28)27(29)30)33-26-8-6-5-7-25(26)32-18(3)4/h5-18H,1-4H3,(H,29,30). The van der Waals surface area contributed by atoms with Crippen LogP contribution in [0.2, 0.25) is 0 Å². The molecule has 0 fully saturated rings. The quantitative estimate of drug-likeness (QED) is 0.327. The van der Waals surface area contributed by atoms with Crippen molar-refractivity contribution in [1.29, 1.82) is 0 Å². The summed E-state index contributed by atoms with van der Waals surface area (Å²) in [7, 11) is 0. The van der Waals surface area contributed by atoms with Crippen molar-refractivity contribution in [3.63, 3.8) is 0 Å². The monoisotopic (exact) mass is 445 g/mol. The molecule has 4 rings (SSSR count). The fourth-order valence-corrected chi connectivity index (χ4v) is 3.65. The third-order valence-electron chi connectivity index (χ3n) is 4.90. The number of carboxylic acid groups (broad SMARTS) is 1. The van der Waals surface area contributed by atoms with Gasteiger partial charge in [0.05, 0.1) is 17.7 Å². The summed E-state index contributed by atoms with van der Waals surface area (Å²) in [4.78, 5) is 12.0. The van der Waals surface area contributed by atoms with Crippen LogP contribution < -0.4 is 14.2 Å². The van der Waals surface area contributed by atoms with E-state index in [1.165, 1.54) is 0 Å². The second-order valence-corrected chi connectivity index (χ2v) is 8.27. The first-order valence-electron chi connectivity index (χ1n) is 10.9. The van der Waals surface area contributed by atoms with E-state index in [2.05, 4.69) is 0 Å². The SMILES string of the molecule is CC(C)Oc1ccc(-n2c(C(=O)O)cc3cc(Oc4ccccc4OC(C)C)ccc32)cc1. The van der Waals surface area contributed by atoms with Gasteiger partial charge in [-0.3, -0.25) is 0 Å². The average Bonchev–Trinajstić information content (AvgIpc) is 3.14. The van der Waals surface area contributed by atoms with E-state index >= 15 is 0 Å². The van der Waals surface area contributed by atoms with Crippen LogP contribution in [0.4, 0.5) is 0 Å². The fourth-order valence-electron chi connectivity index (χ4n) is 3.65. The number of ether oxygens (including phenoxy) is 3. The van der Waals surface area contributed by atoms with E-state index in [0.717, 1.165) is 22.3 Å². The van der Waals surface area contributed by atoms with E-state index in [9.17, 15) is 9.90 Å². The molecule has 4 aromatic rings. The van der Waals surface area contributed by atoms with Crippen LogP contribution in [0.25, 0.3) is 16.6 Å². The van der Waals surface area contributed by atoms with Crippen molar-refractivity contribution in [2.75, 3.05) is 0 Å². The number of fused-ring (bicyclic) bond motifs is 1. The van der Waals surface area contributed by atoms with Crippen LogP contribution in [-0.4, -0.2) is 27.9 Å². The summed E-state index contributed by atoms with van der Waals surface area (Å²) >= 11 is 0. The molecule has 0 aliphatic carbocycles. The molecule has 0 atom stereocenters. The van der Waals surface area contributed by atoms with Gasteiger partial charge in [0.1, 0.15) is 17.2 Å². The lowest BCUT2D eigenvalue weighted by atomic mass is 10.2. The number of carbonyl (C=O) groups is 1. The van der Waals surface area contributed by atoms with E-state index in [0.29, 0.717) is 17.2 Å². The lowest BCUT2D eigenvalue weighted by molar-refractivity contribution is 0.0688. The summed E-state index contributed by atoms with van der Waals surface area (Å²) in [6.45, 7) is 7.84. The molecule has 1 aromatic heterocycles. The molecule has 0 saturated carbocycles. The van der Waals surface area contributed by atoms with Crippen LogP contribution in [0.1, 0.15) is 38.2 Å². The molecule has 0 spiro atoms. The summed E-state index contributed by atoms with van der Waals surface area (Å²) in [5, 5.41) is 10.6. The van der Waals surface area contributed by atoms with E-state index in [4.69, 9.17) is 14.2 Å². The Morgan fingerprint density at radius 3 is 2.06 bits per heavy atom. The first-order chi connectivity index (χ1) is 15.8. The van der Waals surface area contributed by atoms with Crippen molar-refractivity contribution in [2.45, 2.75) is 39.9 Å². The molecule has 3 aromatic carbocycles. The van der Waals surface area contributed by atoms with Crippen molar-refractivity contribution in [3.05, 3.63) is 78.5 Å². The minimum atomic E-state index is -1.01. The molecule has 33 heavy (non-hydrogen) atoms. The number of benzene rings is 3. The third kappa shape index (κ3) is 4.95. The molecule has 0 unspecified atom stereocenters. The molecule has 0 radical (unpaired) electrons. The summed E-state index contributed by atoms with van der Waals surface area (Å²) in [6, 6.07) is 22.1. The zero-order chi connectivity index (χ0) is 23.5. The molecule has 0 aliphatic heterocycles. The predicted molar refractivity (Wildman–Crippen MR) is 128 cm³/mol. The molecular weight excluding hydrogens is 418 g/mol. The Kier molecular flexibility index (Phi) is 6.27. The highest BCUT2D eigenvalue weighted by molar-refractivity contribution is 5.96. The van der Waals surface area contributed by atoms with Crippen molar-refractivity contribution < 1.29 is 24.1 Å². The number of carboxylic acids is 1. The zero-order valence-electron chi connectivity index (χ0n) is 19.1. The van der Waals surface area contributed by atoms with Crippen molar-refractivity contribution in [1.82, 2.24) is 4.57 Å². The smallest absolute Gasteiger partial charge is 0.352 e. The van der Waals surface area contributed by atoms with E-state index in [1.807, 2.05) is 94.4 Å². The third-order valence-corrected chi connectivity index (χ3v) is 4.90. The summed E-state index contributed by atoms with van der Waals surface area (Å²) < 4.78 is 19.3. The molecule has 0 amide bonds. The van der Waals surface area contributed by atoms with Gasteiger partial charge in [0.2, 0.25) is 0 Å². The molecule has 170 valence electrons. The largest absolute Gasteiger partial charge is 0.491 e. The molecular formula is C27H27NO5. The lowest BCUT2D eigenvalue weighted by Crippen LogP contribution is -2.07. The number of nitrogens with zero attached hydrogens (tertiary/aromatic N) is 1. The number of aromatic carboxylic acids is 1. The van der Waals surface area contributed by atoms with Crippen molar-refractivity contribution in [2.24, 2.45) is 0 Å². The fraction of sp³-hybridized carbons (Fsp3) is 0.222. The van der Waals surface area contributed by atoms with E-state index in [1.54, 1.807) is 10.6 Å². The van der Waals surface area contributed by atoms with Crippen LogP contribution >= 0.6 is 0 Å². The van der Waals surface area contributed by atoms with Gasteiger partial charge in [-0.2, -0.15) is 0 Å². The number of para-hydroxylation sites is 2. The van der Waals surface area contributed by atoms with Gasteiger partial charge in [0, 0.05) is 11.1 Å². The minimum Gasteiger partial charge on any atom is -0.491 e. The van der Waals surface area contributed by atoms with Gasteiger partial charge < -0.3 is 23.9 Å². The summed E-state index contributed by atoms with van der Waals surface area (Å²) in [5.74, 6) is 1.58. The molecule has 0 saturated heterocycles. The van der Waals surface area contributed by atoms with Crippen LogP contribution in [0.3, 0.4) is 0 Å². The zero-order valence-corrected chi connectivity index (χ0v) is 19.1. The van der Waals surface area contributed by atoms with Crippen LogP contribution in [0.5, 0.6) is 23.0 Å². The Balaban J connectivity index is 1.71. The average molecular weight is 446 g/mol. The van der Waals surface area contributed by atoms with Crippen LogP contribution in [0.15, 0.2) is 72.8 Å². The topological polar surface area (TPSA) is 69.9 Å². The van der Waals surface area contributed by atoms with Gasteiger partial charge in [0.25, 0.3) is 0 Å². The number of rotatable bonds is 8. The van der Waals surface area contributed by atoms with Crippen molar-refractivity contribution in [3.8, 4) is 28.7 Å². The lowest BCUT2D eigenvalue weighted by Gasteiger charge is -2.15. The summed E-state index contributed by atoms with van der Waals surface area (Å²) in [6.07, 6.45) is 0.0778. The number of hydrogen-bond acceptors (Lipinski definition) is 4.